The highest BCUT2D eigenvalue weighted by molar-refractivity contribution is 6.36. The summed E-state index contributed by atoms with van der Waals surface area (Å²) in [5.41, 5.74) is 9.19. The number of halogens is 3. The van der Waals surface area contributed by atoms with Crippen molar-refractivity contribution >= 4 is 57.7 Å². The minimum Gasteiger partial charge on any atom is -0.382 e. The Morgan fingerprint density at radius 2 is 1.68 bits per heavy atom. The van der Waals surface area contributed by atoms with Crippen LogP contribution in [0.2, 0.25) is 15.1 Å². The van der Waals surface area contributed by atoms with Crippen LogP contribution in [0.5, 0.6) is 0 Å². The number of imidazole rings is 1. The lowest BCUT2D eigenvalue weighted by atomic mass is 10.0. The molecule has 0 radical (unpaired) electrons. The molecule has 0 unspecified atom stereocenters. The van der Waals surface area contributed by atoms with E-state index in [2.05, 4.69) is 25.3 Å². The molecule has 3 heterocycles. The molecule has 6 rings (SSSR count). The maximum absolute atomic E-state index is 11.1. The van der Waals surface area contributed by atoms with Gasteiger partial charge in [0.05, 0.1) is 10.6 Å². The van der Waals surface area contributed by atoms with Crippen molar-refractivity contribution in [3.8, 4) is 17.1 Å². The van der Waals surface area contributed by atoms with Crippen molar-refractivity contribution in [2.24, 2.45) is 0 Å². The second kappa shape index (κ2) is 14.1. The summed E-state index contributed by atoms with van der Waals surface area (Å²) in [6.45, 7) is 2.53. The number of amides is 1. The van der Waals surface area contributed by atoms with Crippen molar-refractivity contribution in [1.29, 1.82) is 0 Å². The van der Waals surface area contributed by atoms with E-state index in [4.69, 9.17) is 40.5 Å². The number of rotatable bonds is 4. The summed E-state index contributed by atoms with van der Waals surface area (Å²) < 4.78 is 1.86. The molecule has 11 heteroatoms. The summed E-state index contributed by atoms with van der Waals surface area (Å²) in [5.74, 6) is 0.816. The van der Waals surface area contributed by atoms with Gasteiger partial charge in [0.15, 0.2) is 17.0 Å². The summed E-state index contributed by atoms with van der Waals surface area (Å²) >= 11 is 18.4. The Hall–Kier alpha value is -3.72. The monoisotopic (exact) mass is 595 g/mol. The van der Waals surface area contributed by atoms with E-state index in [-0.39, 0.29) is 5.91 Å². The molecule has 3 aromatic heterocycles. The first-order valence-corrected chi connectivity index (χ1v) is 13.9. The molecule has 0 spiro atoms. The van der Waals surface area contributed by atoms with Gasteiger partial charge < -0.3 is 11.1 Å². The summed E-state index contributed by atoms with van der Waals surface area (Å²) in [5, 5.41) is 4.34. The maximum atomic E-state index is 11.1. The van der Waals surface area contributed by atoms with Crippen LogP contribution in [0.15, 0.2) is 73.3 Å². The number of hydrogen-bond acceptors (Lipinski definition) is 6. The van der Waals surface area contributed by atoms with E-state index in [0.29, 0.717) is 55.5 Å². The van der Waals surface area contributed by atoms with Gasteiger partial charge in [0.1, 0.15) is 12.2 Å². The Morgan fingerprint density at radius 3 is 2.27 bits per heavy atom. The maximum Gasteiger partial charge on any atom is 0.252 e. The molecule has 0 saturated heterocycles. The van der Waals surface area contributed by atoms with E-state index in [0.717, 1.165) is 5.69 Å². The van der Waals surface area contributed by atoms with Crippen molar-refractivity contribution in [2.75, 3.05) is 12.3 Å². The summed E-state index contributed by atoms with van der Waals surface area (Å²) in [4.78, 5) is 27.9. The SMILES string of the molecule is C1CCC1.CCNC(=O)c1cccnc1.Nc1ncnc2c1nc(-c1ccc(Cl)cc1Cl)n2-c1ccc(Cl)cc1. The summed E-state index contributed by atoms with van der Waals surface area (Å²) in [6, 6.07) is 16.0. The highest BCUT2D eigenvalue weighted by Gasteiger charge is 2.19. The van der Waals surface area contributed by atoms with Gasteiger partial charge in [-0.3, -0.25) is 14.3 Å². The lowest BCUT2D eigenvalue weighted by Crippen LogP contribution is -2.22. The van der Waals surface area contributed by atoms with E-state index >= 15 is 0 Å². The van der Waals surface area contributed by atoms with Crippen molar-refractivity contribution in [2.45, 2.75) is 32.6 Å². The lowest BCUT2D eigenvalue weighted by Gasteiger charge is -2.10. The van der Waals surface area contributed by atoms with Crippen LogP contribution in [-0.2, 0) is 0 Å². The number of fused-ring (bicyclic) bond motifs is 1. The van der Waals surface area contributed by atoms with Gasteiger partial charge in [-0.25, -0.2) is 15.0 Å². The molecule has 0 bridgehead atoms. The number of anilines is 1. The summed E-state index contributed by atoms with van der Waals surface area (Å²) in [7, 11) is 0. The number of benzene rings is 2. The third kappa shape index (κ3) is 7.27. The molecule has 3 N–H and O–H groups in total. The van der Waals surface area contributed by atoms with E-state index in [1.807, 2.05) is 29.7 Å². The molecule has 8 nitrogen and oxygen atoms in total. The first-order valence-electron chi connectivity index (χ1n) is 12.8. The number of hydrogen-bond donors (Lipinski definition) is 2. The number of nitrogens with one attached hydrogen (secondary N) is 1. The Morgan fingerprint density at radius 1 is 0.975 bits per heavy atom. The molecule has 2 aromatic carbocycles. The first kappa shape index (κ1) is 29.3. The number of nitrogens with two attached hydrogens (primary N) is 1. The van der Waals surface area contributed by atoms with Gasteiger partial charge in [-0.15, -0.1) is 0 Å². The lowest BCUT2D eigenvalue weighted by molar-refractivity contribution is 0.0955. The van der Waals surface area contributed by atoms with Crippen LogP contribution in [0.1, 0.15) is 43.0 Å². The third-order valence-electron chi connectivity index (χ3n) is 5.99. The van der Waals surface area contributed by atoms with Crippen LogP contribution in [0.25, 0.3) is 28.2 Å². The molecule has 0 atom stereocenters. The molecule has 206 valence electrons. The average molecular weight is 597 g/mol. The predicted molar refractivity (Wildman–Crippen MR) is 162 cm³/mol. The van der Waals surface area contributed by atoms with Gasteiger partial charge in [0.25, 0.3) is 5.91 Å². The number of carbonyl (C=O) groups excluding carboxylic acids is 1. The van der Waals surface area contributed by atoms with Gasteiger partial charge >= 0.3 is 0 Å². The van der Waals surface area contributed by atoms with Crippen molar-refractivity contribution < 1.29 is 4.79 Å². The van der Waals surface area contributed by atoms with Gasteiger partial charge in [-0.05, 0) is 61.5 Å². The van der Waals surface area contributed by atoms with Gasteiger partial charge in [-0.1, -0.05) is 60.5 Å². The second-order valence-corrected chi connectivity index (χ2v) is 10.1. The Bertz CT molecular complexity index is 1570. The summed E-state index contributed by atoms with van der Waals surface area (Å²) in [6.07, 6.45) is 10.6. The van der Waals surface area contributed by atoms with Gasteiger partial charge in [0.2, 0.25) is 0 Å². The van der Waals surface area contributed by atoms with E-state index in [1.165, 1.54) is 32.0 Å². The molecular formula is C29H28Cl3N7O. The number of aromatic nitrogens is 5. The molecule has 5 aromatic rings. The fourth-order valence-electron chi connectivity index (χ4n) is 3.61. The van der Waals surface area contributed by atoms with Gasteiger partial charge in [0, 0.05) is 40.2 Å². The fraction of sp³-hybridized carbons (Fsp3) is 0.207. The van der Waals surface area contributed by atoms with E-state index in [9.17, 15) is 4.79 Å². The molecule has 0 aliphatic heterocycles. The molecule has 1 saturated carbocycles. The van der Waals surface area contributed by atoms with Crippen molar-refractivity contribution in [1.82, 2.24) is 29.8 Å². The second-order valence-electron chi connectivity index (χ2n) is 8.82. The molecule has 1 aliphatic carbocycles. The molecule has 40 heavy (non-hydrogen) atoms. The Kier molecular flexibility index (Phi) is 10.3. The van der Waals surface area contributed by atoms with Crippen molar-refractivity contribution in [3.63, 3.8) is 0 Å². The normalized spacial score (nSPS) is 11.9. The highest BCUT2D eigenvalue weighted by Crippen LogP contribution is 2.34. The van der Waals surface area contributed by atoms with Gasteiger partial charge in [-0.2, -0.15) is 0 Å². The van der Waals surface area contributed by atoms with Crippen molar-refractivity contribution in [3.05, 3.63) is 93.9 Å². The molecule has 1 fully saturated rings. The Balaban J connectivity index is 0.000000203. The smallest absolute Gasteiger partial charge is 0.252 e. The van der Waals surface area contributed by atoms with Crippen LogP contribution >= 0.6 is 34.8 Å². The molecular weight excluding hydrogens is 569 g/mol. The van der Waals surface area contributed by atoms with Crippen LogP contribution in [0.4, 0.5) is 5.82 Å². The third-order valence-corrected chi connectivity index (χ3v) is 6.79. The van der Waals surface area contributed by atoms with Crippen LogP contribution in [-0.4, -0.2) is 37.0 Å². The van der Waals surface area contributed by atoms with Crippen LogP contribution in [0, 0.1) is 0 Å². The average Bonchev–Trinajstić information content (AvgIpc) is 3.30. The number of nitrogen functional groups attached to an aromatic ring is 1. The number of nitrogens with zero attached hydrogens (tertiary/aromatic N) is 5. The topological polar surface area (TPSA) is 112 Å². The largest absolute Gasteiger partial charge is 0.382 e. The van der Waals surface area contributed by atoms with E-state index in [1.54, 1.807) is 48.8 Å². The number of pyridine rings is 1. The molecule has 1 amide bonds. The minimum atomic E-state index is -0.0689. The Labute approximate surface area is 247 Å². The standard InChI is InChI=1S/C17H10Cl3N5.C8H10N2O.C4H8/c18-9-1-4-11(5-2-9)25-16(12-6-3-10(19)7-13(12)20)24-14-15(21)22-8-23-17(14)25;1-2-10-8(11)7-4-3-5-9-6-7;1-2-4-3-1/h1-8H,(H2,21,22,23);3-6H,2H2,1H3,(H,10,11);1-4H2. The quantitative estimate of drug-likeness (QED) is 0.223. The van der Waals surface area contributed by atoms with E-state index < -0.39 is 0 Å². The predicted octanol–water partition coefficient (Wildman–Crippen LogP) is 7.42. The zero-order valence-corrected chi connectivity index (χ0v) is 24.1. The fourth-order valence-corrected chi connectivity index (χ4v) is 4.22. The van der Waals surface area contributed by atoms with Crippen LogP contribution < -0.4 is 11.1 Å². The minimum absolute atomic E-state index is 0.0689. The van der Waals surface area contributed by atoms with Crippen LogP contribution in [0.3, 0.4) is 0 Å². The molecule has 1 aliphatic rings. The zero-order chi connectivity index (χ0) is 28.5. The highest BCUT2D eigenvalue weighted by atomic mass is 35.5. The number of carbonyl (C=O) groups is 1. The zero-order valence-electron chi connectivity index (χ0n) is 21.8. The first-order chi connectivity index (χ1) is 19.4.